The minimum atomic E-state index is -0.0220. The largest absolute Gasteiger partial charge is 0.375 e. The van der Waals surface area contributed by atoms with Crippen LogP contribution in [-0.2, 0) is 4.79 Å². The highest BCUT2D eigenvalue weighted by molar-refractivity contribution is 9.10. The molecular weight excluding hydrogens is 304 g/mol. The molecular formula is C12H16BrClN2O. The molecule has 5 heteroatoms. The predicted molar refractivity (Wildman–Crippen MR) is 75.5 cm³/mol. The summed E-state index contributed by atoms with van der Waals surface area (Å²) in [6.07, 6.45) is 0.923. The number of carbonyl (C=O) groups is 1. The Kier molecular flexibility index (Phi) is 5.78. The number of hydrogen-bond donors (Lipinski definition) is 2. The zero-order valence-electron chi connectivity index (χ0n) is 9.89. The van der Waals surface area contributed by atoms with Crippen LogP contribution in [0.1, 0.15) is 20.3 Å². The first-order valence-corrected chi connectivity index (χ1v) is 6.69. The zero-order valence-corrected chi connectivity index (χ0v) is 12.2. The SMILES string of the molecule is CCC(C)NC(=O)CNc1cccc(Cl)c1Br. The summed E-state index contributed by atoms with van der Waals surface area (Å²) in [6.45, 7) is 4.25. The molecule has 1 rings (SSSR count). The lowest BCUT2D eigenvalue weighted by atomic mass is 10.2. The van der Waals surface area contributed by atoms with E-state index in [-0.39, 0.29) is 18.5 Å². The van der Waals surface area contributed by atoms with Gasteiger partial charge in [0.05, 0.1) is 21.7 Å². The summed E-state index contributed by atoms with van der Waals surface area (Å²) in [5.41, 5.74) is 0.816. The van der Waals surface area contributed by atoms with Crippen molar-refractivity contribution < 1.29 is 4.79 Å². The standard InChI is InChI=1S/C12H16BrClN2O/c1-3-8(2)16-11(17)7-15-10-6-4-5-9(14)12(10)13/h4-6,8,15H,3,7H2,1-2H3,(H,16,17). The Balaban J connectivity index is 2.50. The van der Waals surface area contributed by atoms with Crippen molar-refractivity contribution in [2.45, 2.75) is 26.3 Å². The van der Waals surface area contributed by atoms with Crippen LogP contribution < -0.4 is 10.6 Å². The normalized spacial score (nSPS) is 12.0. The Bertz CT molecular complexity index is 398. The molecule has 3 nitrogen and oxygen atoms in total. The van der Waals surface area contributed by atoms with Gasteiger partial charge in [0.15, 0.2) is 0 Å². The fourth-order valence-corrected chi connectivity index (χ4v) is 1.82. The van der Waals surface area contributed by atoms with Crippen molar-refractivity contribution in [3.63, 3.8) is 0 Å². The number of carbonyl (C=O) groups excluding carboxylic acids is 1. The fraction of sp³-hybridized carbons (Fsp3) is 0.417. The Morgan fingerprint density at radius 2 is 2.24 bits per heavy atom. The van der Waals surface area contributed by atoms with Crippen molar-refractivity contribution in [1.29, 1.82) is 0 Å². The van der Waals surface area contributed by atoms with E-state index in [9.17, 15) is 4.79 Å². The highest BCUT2D eigenvalue weighted by Crippen LogP contribution is 2.29. The first-order chi connectivity index (χ1) is 8.04. The average Bonchev–Trinajstić information content (AvgIpc) is 2.31. The van der Waals surface area contributed by atoms with Crippen LogP contribution in [-0.4, -0.2) is 18.5 Å². The maximum atomic E-state index is 11.6. The topological polar surface area (TPSA) is 41.1 Å². The van der Waals surface area contributed by atoms with E-state index >= 15 is 0 Å². The summed E-state index contributed by atoms with van der Waals surface area (Å²) in [4.78, 5) is 11.6. The molecule has 0 aliphatic carbocycles. The van der Waals surface area contributed by atoms with Crippen LogP contribution in [0.3, 0.4) is 0 Å². The molecule has 1 atom stereocenters. The summed E-state index contributed by atoms with van der Waals surface area (Å²) in [5.74, 6) is -0.0220. The van der Waals surface area contributed by atoms with Gasteiger partial charge in [0.2, 0.25) is 5.91 Å². The van der Waals surface area contributed by atoms with Crippen LogP contribution in [0.2, 0.25) is 5.02 Å². The first kappa shape index (κ1) is 14.3. The van der Waals surface area contributed by atoms with Gasteiger partial charge in [0.1, 0.15) is 0 Å². The molecule has 0 saturated carbocycles. The summed E-state index contributed by atoms with van der Waals surface area (Å²) in [5, 5.41) is 6.55. The van der Waals surface area contributed by atoms with Crippen molar-refractivity contribution >= 4 is 39.1 Å². The van der Waals surface area contributed by atoms with E-state index in [2.05, 4.69) is 26.6 Å². The summed E-state index contributed by atoms with van der Waals surface area (Å²) < 4.78 is 0.776. The van der Waals surface area contributed by atoms with E-state index in [1.807, 2.05) is 26.0 Å². The lowest BCUT2D eigenvalue weighted by molar-refractivity contribution is -0.120. The molecule has 0 spiro atoms. The number of amides is 1. The monoisotopic (exact) mass is 318 g/mol. The molecule has 0 fully saturated rings. The molecule has 0 aromatic heterocycles. The van der Waals surface area contributed by atoms with Gasteiger partial charge in [-0.05, 0) is 41.4 Å². The van der Waals surface area contributed by atoms with Gasteiger partial charge >= 0.3 is 0 Å². The van der Waals surface area contributed by atoms with E-state index in [1.165, 1.54) is 0 Å². The summed E-state index contributed by atoms with van der Waals surface area (Å²) >= 11 is 9.32. The van der Waals surface area contributed by atoms with Crippen molar-refractivity contribution in [3.8, 4) is 0 Å². The van der Waals surface area contributed by atoms with Gasteiger partial charge in [-0.3, -0.25) is 4.79 Å². The molecule has 0 radical (unpaired) electrons. The third-order valence-corrected chi connectivity index (χ3v) is 3.81. The van der Waals surface area contributed by atoms with Gasteiger partial charge in [0, 0.05) is 6.04 Å². The second kappa shape index (κ2) is 6.87. The molecule has 0 heterocycles. The Labute approximate surface area is 115 Å². The summed E-state index contributed by atoms with van der Waals surface area (Å²) in [7, 11) is 0. The number of halogens is 2. The molecule has 1 aromatic carbocycles. The van der Waals surface area contributed by atoms with Gasteiger partial charge in [0.25, 0.3) is 0 Å². The number of anilines is 1. The van der Waals surface area contributed by atoms with Crippen molar-refractivity contribution in [3.05, 3.63) is 27.7 Å². The van der Waals surface area contributed by atoms with Crippen molar-refractivity contribution in [1.82, 2.24) is 5.32 Å². The van der Waals surface area contributed by atoms with Gasteiger partial charge < -0.3 is 10.6 Å². The molecule has 2 N–H and O–H groups in total. The highest BCUT2D eigenvalue weighted by atomic mass is 79.9. The molecule has 1 amide bonds. The van der Waals surface area contributed by atoms with E-state index in [4.69, 9.17) is 11.6 Å². The predicted octanol–water partition coefficient (Wildman–Crippen LogP) is 3.43. The Morgan fingerprint density at radius 1 is 1.53 bits per heavy atom. The minimum Gasteiger partial charge on any atom is -0.375 e. The number of benzene rings is 1. The zero-order chi connectivity index (χ0) is 12.8. The van der Waals surface area contributed by atoms with Gasteiger partial charge in [-0.15, -0.1) is 0 Å². The van der Waals surface area contributed by atoms with Crippen LogP contribution in [0.4, 0.5) is 5.69 Å². The second-order valence-electron chi connectivity index (χ2n) is 3.83. The quantitative estimate of drug-likeness (QED) is 0.873. The smallest absolute Gasteiger partial charge is 0.239 e. The van der Waals surface area contributed by atoms with E-state index < -0.39 is 0 Å². The molecule has 0 saturated heterocycles. The number of nitrogens with one attached hydrogen (secondary N) is 2. The maximum absolute atomic E-state index is 11.6. The van der Waals surface area contributed by atoms with Crippen molar-refractivity contribution in [2.75, 3.05) is 11.9 Å². The molecule has 17 heavy (non-hydrogen) atoms. The Hall–Kier alpha value is -0.740. The van der Waals surface area contributed by atoms with Crippen molar-refractivity contribution in [2.24, 2.45) is 0 Å². The van der Waals surface area contributed by atoms with Gasteiger partial charge in [-0.1, -0.05) is 24.6 Å². The highest BCUT2D eigenvalue weighted by Gasteiger charge is 2.07. The fourth-order valence-electron chi connectivity index (χ4n) is 1.24. The lowest BCUT2D eigenvalue weighted by Gasteiger charge is -2.13. The molecule has 94 valence electrons. The van der Waals surface area contributed by atoms with E-state index in [0.717, 1.165) is 16.6 Å². The van der Waals surface area contributed by atoms with Gasteiger partial charge in [-0.25, -0.2) is 0 Å². The molecule has 0 aliphatic heterocycles. The Morgan fingerprint density at radius 3 is 2.88 bits per heavy atom. The molecule has 0 bridgehead atoms. The number of rotatable bonds is 5. The maximum Gasteiger partial charge on any atom is 0.239 e. The third-order valence-electron chi connectivity index (χ3n) is 2.41. The molecule has 1 aromatic rings. The van der Waals surface area contributed by atoms with Crippen LogP contribution >= 0.6 is 27.5 Å². The second-order valence-corrected chi connectivity index (χ2v) is 5.03. The third kappa shape index (κ3) is 4.56. The molecule has 1 unspecified atom stereocenters. The van der Waals surface area contributed by atoms with Gasteiger partial charge in [-0.2, -0.15) is 0 Å². The molecule has 0 aliphatic rings. The average molecular weight is 320 g/mol. The minimum absolute atomic E-state index is 0.0220. The van der Waals surface area contributed by atoms with E-state index in [1.54, 1.807) is 6.07 Å². The first-order valence-electron chi connectivity index (χ1n) is 5.51. The van der Waals surface area contributed by atoms with Crippen LogP contribution in [0.15, 0.2) is 22.7 Å². The van der Waals surface area contributed by atoms with Crippen LogP contribution in [0.5, 0.6) is 0 Å². The van der Waals surface area contributed by atoms with E-state index in [0.29, 0.717) is 5.02 Å². The summed E-state index contributed by atoms with van der Waals surface area (Å²) in [6, 6.07) is 5.69. The lowest BCUT2D eigenvalue weighted by Crippen LogP contribution is -2.36. The van der Waals surface area contributed by atoms with Crippen LogP contribution in [0, 0.1) is 0 Å². The van der Waals surface area contributed by atoms with Crippen LogP contribution in [0.25, 0.3) is 0 Å². The number of hydrogen-bond acceptors (Lipinski definition) is 2.